The van der Waals surface area contributed by atoms with Gasteiger partial charge in [0.15, 0.2) is 0 Å². The van der Waals surface area contributed by atoms with Crippen molar-refractivity contribution in [3.63, 3.8) is 0 Å². The zero-order valence-corrected chi connectivity index (χ0v) is 18.4. The standard InChI is InChI=1S/C24H25N5O4/c1-16-2-4-17(5-3-16)21-20-22(26-25-21)24(30)28(11-10-27-12-14-33-15-13-27)23(20)18-6-8-19(9-7-18)29(31)32/h2-9,23H,10-15H2,1H3,(H,25,26). The fourth-order valence-electron chi connectivity index (χ4n) is 4.56. The van der Waals surface area contributed by atoms with Crippen molar-refractivity contribution in [1.82, 2.24) is 20.0 Å². The lowest BCUT2D eigenvalue weighted by Gasteiger charge is -2.31. The average molecular weight is 447 g/mol. The summed E-state index contributed by atoms with van der Waals surface area (Å²) in [7, 11) is 0. The SMILES string of the molecule is Cc1ccc(-c2n[nH]c3c2C(c2ccc([N+](=O)[O-])cc2)N(CCN2CCOCC2)C3=O)cc1. The second-order valence-electron chi connectivity index (χ2n) is 8.43. The van der Waals surface area contributed by atoms with Gasteiger partial charge in [-0.3, -0.25) is 24.9 Å². The number of nitrogens with one attached hydrogen (secondary N) is 1. The van der Waals surface area contributed by atoms with Crippen LogP contribution in [0.4, 0.5) is 5.69 Å². The highest BCUT2D eigenvalue weighted by molar-refractivity contribution is 6.00. The maximum absolute atomic E-state index is 13.4. The molecule has 0 spiro atoms. The summed E-state index contributed by atoms with van der Waals surface area (Å²) in [4.78, 5) is 28.3. The number of benzene rings is 2. The third-order valence-corrected chi connectivity index (χ3v) is 6.37. The molecule has 2 aliphatic heterocycles. The van der Waals surface area contributed by atoms with Crippen molar-refractivity contribution in [2.45, 2.75) is 13.0 Å². The van der Waals surface area contributed by atoms with Crippen molar-refractivity contribution in [2.75, 3.05) is 39.4 Å². The summed E-state index contributed by atoms with van der Waals surface area (Å²) >= 11 is 0. The maximum atomic E-state index is 13.4. The summed E-state index contributed by atoms with van der Waals surface area (Å²) in [6, 6.07) is 14.1. The highest BCUT2D eigenvalue weighted by Crippen LogP contribution is 2.42. The van der Waals surface area contributed by atoms with Gasteiger partial charge in [0.1, 0.15) is 5.69 Å². The van der Waals surface area contributed by atoms with Gasteiger partial charge in [0, 0.05) is 49.4 Å². The predicted molar refractivity (Wildman–Crippen MR) is 122 cm³/mol. The second kappa shape index (κ2) is 8.76. The van der Waals surface area contributed by atoms with Crippen LogP contribution in [0.2, 0.25) is 0 Å². The molecule has 1 atom stereocenters. The number of hydrogen-bond donors (Lipinski definition) is 1. The molecule has 0 aliphatic carbocycles. The van der Waals surface area contributed by atoms with Crippen molar-refractivity contribution in [2.24, 2.45) is 0 Å². The molecule has 1 N–H and O–H groups in total. The molecular weight excluding hydrogens is 422 g/mol. The van der Waals surface area contributed by atoms with Crippen molar-refractivity contribution >= 4 is 11.6 Å². The number of nitro groups is 1. The quantitative estimate of drug-likeness (QED) is 0.460. The van der Waals surface area contributed by atoms with E-state index in [2.05, 4.69) is 15.1 Å². The van der Waals surface area contributed by atoms with Gasteiger partial charge in [-0.05, 0) is 24.6 Å². The van der Waals surface area contributed by atoms with Gasteiger partial charge < -0.3 is 9.64 Å². The summed E-state index contributed by atoms with van der Waals surface area (Å²) in [6.45, 7) is 6.36. The van der Waals surface area contributed by atoms with E-state index in [4.69, 9.17) is 4.74 Å². The Hall–Kier alpha value is -3.56. The third kappa shape index (κ3) is 4.01. The van der Waals surface area contributed by atoms with E-state index in [1.165, 1.54) is 12.1 Å². The number of aromatic amines is 1. The monoisotopic (exact) mass is 447 g/mol. The number of fused-ring (bicyclic) bond motifs is 1. The van der Waals surface area contributed by atoms with Gasteiger partial charge in [0.05, 0.1) is 29.9 Å². The molecule has 0 radical (unpaired) electrons. The fourth-order valence-corrected chi connectivity index (χ4v) is 4.56. The molecule has 0 bridgehead atoms. The van der Waals surface area contributed by atoms with E-state index < -0.39 is 4.92 Å². The number of amides is 1. The zero-order valence-electron chi connectivity index (χ0n) is 18.4. The highest BCUT2D eigenvalue weighted by Gasteiger charge is 2.42. The average Bonchev–Trinajstić information content (AvgIpc) is 3.38. The minimum Gasteiger partial charge on any atom is -0.379 e. The number of carbonyl (C=O) groups is 1. The molecule has 3 aromatic rings. The van der Waals surface area contributed by atoms with E-state index in [-0.39, 0.29) is 17.6 Å². The number of nitrogens with zero attached hydrogens (tertiary/aromatic N) is 4. The number of rotatable bonds is 6. The minimum atomic E-state index is -0.416. The van der Waals surface area contributed by atoms with Crippen molar-refractivity contribution in [3.05, 3.63) is 81.0 Å². The second-order valence-corrected chi connectivity index (χ2v) is 8.43. The van der Waals surface area contributed by atoms with Gasteiger partial charge in [0.2, 0.25) is 0 Å². The van der Waals surface area contributed by atoms with E-state index in [0.29, 0.717) is 25.5 Å². The molecule has 1 aromatic heterocycles. The number of hydrogen-bond acceptors (Lipinski definition) is 6. The zero-order chi connectivity index (χ0) is 22.9. The molecule has 0 saturated carbocycles. The first-order valence-corrected chi connectivity index (χ1v) is 11.0. The normalized spacial score (nSPS) is 18.5. The fraction of sp³-hybridized carbons (Fsp3) is 0.333. The van der Waals surface area contributed by atoms with Gasteiger partial charge in [-0.2, -0.15) is 5.10 Å². The molecule has 1 saturated heterocycles. The number of ether oxygens (including phenoxy) is 1. The summed E-state index contributed by atoms with van der Waals surface area (Å²) in [5.41, 5.74) is 4.94. The van der Waals surface area contributed by atoms with Gasteiger partial charge >= 0.3 is 0 Å². The summed E-state index contributed by atoms with van der Waals surface area (Å²) in [5, 5.41) is 18.6. The lowest BCUT2D eigenvalue weighted by molar-refractivity contribution is -0.384. The van der Waals surface area contributed by atoms with E-state index in [0.717, 1.165) is 47.6 Å². The van der Waals surface area contributed by atoms with Crippen LogP contribution in [0.15, 0.2) is 48.5 Å². The van der Waals surface area contributed by atoms with E-state index in [1.54, 1.807) is 12.1 Å². The van der Waals surface area contributed by atoms with Crippen molar-refractivity contribution in [1.29, 1.82) is 0 Å². The van der Waals surface area contributed by atoms with Crippen LogP contribution in [-0.4, -0.2) is 70.2 Å². The van der Waals surface area contributed by atoms with Gasteiger partial charge in [-0.25, -0.2) is 0 Å². The van der Waals surface area contributed by atoms with E-state index in [1.807, 2.05) is 36.1 Å². The number of morpholine rings is 1. The van der Waals surface area contributed by atoms with Crippen molar-refractivity contribution in [3.8, 4) is 11.3 Å². The Morgan fingerprint density at radius 3 is 2.45 bits per heavy atom. The molecule has 170 valence electrons. The predicted octanol–water partition coefficient (Wildman–Crippen LogP) is 3.17. The first-order valence-electron chi connectivity index (χ1n) is 11.0. The topological polar surface area (TPSA) is 105 Å². The summed E-state index contributed by atoms with van der Waals surface area (Å²) in [5.74, 6) is -0.104. The Morgan fingerprint density at radius 2 is 1.79 bits per heavy atom. The Balaban J connectivity index is 1.53. The van der Waals surface area contributed by atoms with Crippen LogP contribution in [0.5, 0.6) is 0 Å². The smallest absolute Gasteiger partial charge is 0.273 e. The largest absolute Gasteiger partial charge is 0.379 e. The van der Waals surface area contributed by atoms with E-state index >= 15 is 0 Å². The molecule has 5 rings (SSSR count). The Kier molecular flexibility index (Phi) is 5.65. The number of nitro benzene ring substituents is 1. The minimum absolute atomic E-state index is 0.0223. The van der Waals surface area contributed by atoms with Crippen LogP contribution in [0, 0.1) is 17.0 Å². The molecule has 33 heavy (non-hydrogen) atoms. The number of non-ortho nitro benzene ring substituents is 1. The van der Waals surface area contributed by atoms with Crippen LogP contribution in [-0.2, 0) is 4.74 Å². The molecule has 9 nitrogen and oxygen atoms in total. The molecule has 1 unspecified atom stereocenters. The first-order chi connectivity index (χ1) is 16.0. The van der Waals surface area contributed by atoms with Crippen LogP contribution in [0.3, 0.4) is 0 Å². The molecule has 2 aromatic carbocycles. The number of aryl methyl sites for hydroxylation is 1. The molecule has 3 heterocycles. The Labute approximate surface area is 191 Å². The third-order valence-electron chi connectivity index (χ3n) is 6.37. The summed E-state index contributed by atoms with van der Waals surface area (Å²) < 4.78 is 5.43. The number of carbonyl (C=O) groups excluding carboxylic acids is 1. The molecule has 2 aliphatic rings. The van der Waals surface area contributed by atoms with Crippen LogP contribution in [0.25, 0.3) is 11.3 Å². The lowest BCUT2D eigenvalue weighted by Crippen LogP contribution is -2.42. The Bertz CT molecular complexity index is 1170. The van der Waals surface area contributed by atoms with Crippen LogP contribution < -0.4 is 0 Å². The summed E-state index contributed by atoms with van der Waals surface area (Å²) in [6.07, 6.45) is 0. The lowest BCUT2D eigenvalue weighted by atomic mass is 9.95. The number of H-pyrrole nitrogens is 1. The van der Waals surface area contributed by atoms with Crippen LogP contribution in [0.1, 0.15) is 33.2 Å². The molecular formula is C24H25N5O4. The highest BCUT2D eigenvalue weighted by atomic mass is 16.6. The Morgan fingerprint density at radius 1 is 1.09 bits per heavy atom. The molecule has 1 amide bonds. The van der Waals surface area contributed by atoms with Gasteiger partial charge in [0.25, 0.3) is 11.6 Å². The van der Waals surface area contributed by atoms with E-state index in [9.17, 15) is 14.9 Å². The van der Waals surface area contributed by atoms with Crippen LogP contribution >= 0.6 is 0 Å². The molecule has 9 heteroatoms. The van der Waals surface area contributed by atoms with Gasteiger partial charge in [-0.1, -0.05) is 29.8 Å². The maximum Gasteiger partial charge on any atom is 0.273 e. The molecule has 1 fully saturated rings. The van der Waals surface area contributed by atoms with Crippen molar-refractivity contribution < 1.29 is 14.5 Å². The first kappa shape index (κ1) is 21.3. The van der Waals surface area contributed by atoms with Gasteiger partial charge in [-0.15, -0.1) is 0 Å². The number of aromatic nitrogens is 2.